The third-order valence-electron chi connectivity index (χ3n) is 2.40. The molecule has 0 amide bonds. The molecule has 0 aliphatic rings. The first kappa shape index (κ1) is 14.6. The number of carbonyl (C=O) groups is 1. The quantitative estimate of drug-likeness (QED) is 0.653. The fourth-order valence-electron chi connectivity index (χ4n) is 1.49. The smallest absolute Gasteiger partial charge is 0.189 e. The predicted octanol–water partition coefficient (Wildman–Crippen LogP) is 4.74. The van der Waals surface area contributed by atoms with E-state index in [4.69, 9.17) is 28.5 Å². The van der Waals surface area contributed by atoms with E-state index in [0.717, 1.165) is 17.0 Å². The van der Waals surface area contributed by atoms with Crippen LogP contribution >= 0.6 is 34.5 Å². The van der Waals surface area contributed by atoms with E-state index in [0.29, 0.717) is 19.8 Å². The third kappa shape index (κ3) is 3.61. The van der Waals surface area contributed by atoms with E-state index in [1.165, 1.54) is 18.3 Å². The van der Waals surface area contributed by atoms with Gasteiger partial charge >= 0.3 is 0 Å². The lowest BCUT2D eigenvalue weighted by Gasteiger charge is -2.00. The van der Waals surface area contributed by atoms with Crippen LogP contribution in [0.1, 0.15) is 15.9 Å². The number of ketones is 1. The summed E-state index contributed by atoms with van der Waals surface area (Å²) in [6, 6.07) is 10.5. The van der Waals surface area contributed by atoms with Crippen molar-refractivity contribution in [3.8, 4) is 6.07 Å². The Bertz CT molecular complexity index is 716. The van der Waals surface area contributed by atoms with Crippen LogP contribution in [0.15, 0.2) is 42.6 Å². The van der Waals surface area contributed by atoms with Gasteiger partial charge in [0.2, 0.25) is 0 Å². The zero-order valence-corrected chi connectivity index (χ0v) is 12.4. The number of rotatable bonds is 4. The van der Waals surface area contributed by atoms with Crippen molar-refractivity contribution < 1.29 is 4.79 Å². The summed E-state index contributed by atoms with van der Waals surface area (Å²) < 4.78 is 0.845. The predicted molar refractivity (Wildman–Crippen MR) is 82.6 cm³/mol. The number of halogens is 2. The molecule has 1 heterocycles. The Morgan fingerprint density at radius 2 is 2.15 bits per heavy atom. The van der Waals surface area contributed by atoms with Gasteiger partial charge < -0.3 is 5.32 Å². The van der Waals surface area contributed by atoms with Crippen LogP contribution in [-0.2, 0) is 0 Å². The molecule has 1 aromatic heterocycles. The average Bonchev–Trinajstić information content (AvgIpc) is 2.78. The molecule has 0 fully saturated rings. The molecular formula is C14H8Cl2N2OS. The van der Waals surface area contributed by atoms with E-state index in [1.54, 1.807) is 24.3 Å². The highest BCUT2D eigenvalue weighted by Crippen LogP contribution is 2.31. The second kappa shape index (κ2) is 6.58. The average molecular weight is 323 g/mol. The second-order valence-corrected chi connectivity index (χ2v) is 6.06. The van der Waals surface area contributed by atoms with Gasteiger partial charge in [0, 0.05) is 18.0 Å². The summed E-state index contributed by atoms with van der Waals surface area (Å²) in [7, 11) is 0. The van der Waals surface area contributed by atoms with Crippen LogP contribution in [0.3, 0.4) is 0 Å². The molecule has 0 radical (unpaired) electrons. The molecule has 0 bridgehead atoms. The Kier molecular flexibility index (Phi) is 4.80. The van der Waals surface area contributed by atoms with Gasteiger partial charge in [-0.1, -0.05) is 29.3 Å². The second-order valence-electron chi connectivity index (χ2n) is 3.77. The Hall–Kier alpha value is -1.80. The van der Waals surface area contributed by atoms with Crippen LogP contribution in [-0.4, -0.2) is 5.78 Å². The number of hydrogen-bond donors (Lipinski definition) is 1. The molecule has 2 rings (SSSR count). The van der Waals surface area contributed by atoms with E-state index in [9.17, 15) is 4.79 Å². The molecule has 0 saturated heterocycles. The van der Waals surface area contributed by atoms with Crippen molar-refractivity contribution in [2.45, 2.75) is 0 Å². The van der Waals surface area contributed by atoms with Gasteiger partial charge in [-0.05, 0) is 24.3 Å². The number of carbonyl (C=O) groups excluding carboxylic acids is 1. The number of anilines is 1. The summed E-state index contributed by atoms with van der Waals surface area (Å²) in [4.78, 5) is 11.9. The topological polar surface area (TPSA) is 52.9 Å². The van der Waals surface area contributed by atoms with Crippen molar-refractivity contribution in [3.63, 3.8) is 0 Å². The first-order valence-corrected chi connectivity index (χ1v) is 7.10. The molecule has 3 nitrogen and oxygen atoms in total. The number of nitriles is 1. The summed E-state index contributed by atoms with van der Waals surface area (Å²) in [5, 5.41) is 11.7. The maximum absolute atomic E-state index is 11.9. The van der Waals surface area contributed by atoms with Crippen LogP contribution in [0, 0.1) is 11.3 Å². The zero-order chi connectivity index (χ0) is 14.5. The normalized spacial score (nSPS) is 10.4. The molecule has 2 aromatic rings. The lowest BCUT2D eigenvalue weighted by atomic mass is 10.2. The summed E-state index contributed by atoms with van der Waals surface area (Å²) >= 11 is 12.8. The number of nitrogens with zero attached hydrogens (tertiary/aromatic N) is 1. The SMILES string of the molecule is N#Cc1cccc(NC=CC(=O)c2cc(Cl)sc2Cl)c1. The van der Waals surface area contributed by atoms with Crippen molar-refractivity contribution in [3.05, 3.63) is 62.4 Å². The Balaban J connectivity index is 2.05. The van der Waals surface area contributed by atoms with Crippen LogP contribution < -0.4 is 5.32 Å². The van der Waals surface area contributed by atoms with Gasteiger partial charge in [-0.25, -0.2) is 0 Å². The third-order valence-corrected chi connectivity index (χ3v) is 3.89. The van der Waals surface area contributed by atoms with Crippen LogP contribution in [0.25, 0.3) is 0 Å². The lowest BCUT2D eigenvalue weighted by Crippen LogP contribution is -1.95. The Labute approximate surface area is 130 Å². The van der Waals surface area contributed by atoms with Crippen molar-refractivity contribution in [1.82, 2.24) is 0 Å². The monoisotopic (exact) mass is 322 g/mol. The van der Waals surface area contributed by atoms with Crippen LogP contribution in [0.2, 0.25) is 8.67 Å². The highest BCUT2D eigenvalue weighted by Gasteiger charge is 2.11. The molecule has 0 saturated carbocycles. The van der Waals surface area contributed by atoms with E-state index >= 15 is 0 Å². The molecule has 0 spiro atoms. The number of thiophene rings is 1. The van der Waals surface area contributed by atoms with Crippen molar-refractivity contribution in [1.29, 1.82) is 5.26 Å². The van der Waals surface area contributed by atoms with Crippen LogP contribution in [0.4, 0.5) is 5.69 Å². The molecular weight excluding hydrogens is 315 g/mol. The fourth-order valence-corrected chi connectivity index (χ4v) is 2.96. The van der Waals surface area contributed by atoms with E-state index in [-0.39, 0.29) is 5.78 Å². The van der Waals surface area contributed by atoms with Gasteiger partial charge in [0.25, 0.3) is 0 Å². The first-order valence-electron chi connectivity index (χ1n) is 5.52. The highest BCUT2D eigenvalue weighted by molar-refractivity contribution is 7.20. The first-order chi connectivity index (χ1) is 9.60. The summed E-state index contributed by atoms with van der Waals surface area (Å²) in [6.07, 6.45) is 2.87. The minimum Gasteiger partial charge on any atom is -0.362 e. The zero-order valence-electron chi connectivity index (χ0n) is 10.1. The summed E-state index contributed by atoms with van der Waals surface area (Å²) in [5.74, 6) is -0.234. The van der Waals surface area contributed by atoms with E-state index < -0.39 is 0 Å². The van der Waals surface area contributed by atoms with Crippen molar-refractivity contribution in [2.24, 2.45) is 0 Å². The maximum atomic E-state index is 11.9. The molecule has 1 aromatic carbocycles. The van der Waals surface area contributed by atoms with Gasteiger partial charge in [-0.2, -0.15) is 5.26 Å². The van der Waals surface area contributed by atoms with Gasteiger partial charge in [0.05, 0.1) is 21.5 Å². The number of allylic oxidation sites excluding steroid dienone is 1. The Morgan fingerprint density at radius 1 is 1.35 bits per heavy atom. The van der Waals surface area contributed by atoms with Gasteiger partial charge in [-0.15, -0.1) is 11.3 Å². The molecule has 20 heavy (non-hydrogen) atoms. The molecule has 100 valence electrons. The van der Waals surface area contributed by atoms with Crippen LogP contribution in [0.5, 0.6) is 0 Å². The largest absolute Gasteiger partial charge is 0.362 e. The molecule has 0 aliphatic heterocycles. The van der Waals surface area contributed by atoms with Gasteiger partial charge in [0.1, 0.15) is 4.34 Å². The molecule has 6 heteroatoms. The number of nitrogens with one attached hydrogen (secondary N) is 1. The van der Waals surface area contributed by atoms with Gasteiger partial charge in [-0.3, -0.25) is 4.79 Å². The Morgan fingerprint density at radius 3 is 2.80 bits per heavy atom. The lowest BCUT2D eigenvalue weighted by molar-refractivity contribution is 0.104. The van der Waals surface area contributed by atoms with E-state index in [2.05, 4.69) is 5.32 Å². The number of hydrogen-bond acceptors (Lipinski definition) is 4. The standard InChI is InChI=1S/C14H8Cl2N2OS/c15-13-7-11(14(16)20-13)12(19)4-5-18-10-3-1-2-9(6-10)8-17/h1-7,18H. The summed E-state index contributed by atoms with van der Waals surface area (Å²) in [6.45, 7) is 0. The minimum atomic E-state index is -0.234. The maximum Gasteiger partial charge on any atom is 0.189 e. The van der Waals surface area contributed by atoms with Crippen molar-refractivity contribution in [2.75, 3.05) is 5.32 Å². The fraction of sp³-hybridized carbons (Fsp3) is 0. The number of benzene rings is 1. The van der Waals surface area contributed by atoms with Gasteiger partial charge in [0.15, 0.2) is 5.78 Å². The minimum absolute atomic E-state index is 0.234. The highest BCUT2D eigenvalue weighted by atomic mass is 35.5. The summed E-state index contributed by atoms with van der Waals surface area (Å²) in [5.41, 5.74) is 1.65. The molecule has 1 N–H and O–H groups in total. The van der Waals surface area contributed by atoms with E-state index in [1.807, 2.05) is 6.07 Å². The molecule has 0 atom stereocenters. The molecule has 0 unspecified atom stereocenters. The molecule has 0 aliphatic carbocycles. The van der Waals surface area contributed by atoms with Crippen molar-refractivity contribution >= 4 is 46.0 Å².